The van der Waals surface area contributed by atoms with E-state index in [1.807, 2.05) is 25.1 Å². The van der Waals surface area contributed by atoms with Crippen molar-refractivity contribution in [2.45, 2.75) is 39.7 Å². The first-order valence-corrected chi connectivity index (χ1v) is 7.47. The summed E-state index contributed by atoms with van der Waals surface area (Å²) in [5, 5.41) is 0. The second-order valence-electron chi connectivity index (χ2n) is 5.11. The number of Topliss-reactive ketones (excluding diaryl/α,β-unsaturated/α-hetero) is 1. The lowest BCUT2D eigenvalue weighted by Gasteiger charge is -2.08. The zero-order valence-electron chi connectivity index (χ0n) is 12.8. The smallest absolute Gasteiger partial charge is 0.131 e. The van der Waals surface area contributed by atoms with Crippen molar-refractivity contribution in [2.24, 2.45) is 5.73 Å². The first kappa shape index (κ1) is 15.5. The van der Waals surface area contributed by atoms with E-state index in [0.29, 0.717) is 26.1 Å². The van der Waals surface area contributed by atoms with Crippen LogP contribution in [0.2, 0.25) is 0 Å². The Labute approximate surface area is 125 Å². The topological polar surface area (TPSA) is 70.1 Å². The average molecular weight is 289 g/mol. The van der Waals surface area contributed by atoms with Gasteiger partial charge in [0.1, 0.15) is 17.4 Å². The molecule has 0 aliphatic heterocycles. The molecule has 2 N–H and O–H groups in total. The van der Waals surface area contributed by atoms with Gasteiger partial charge < -0.3 is 15.0 Å². The molecule has 2 aromatic rings. The van der Waals surface area contributed by atoms with Gasteiger partial charge in [-0.15, -0.1) is 0 Å². The predicted molar refractivity (Wildman–Crippen MR) is 83.6 cm³/mol. The summed E-state index contributed by atoms with van der Waals surface area (Å²) >= 11 is 0. The minimum absolute atomic E-state index is 0.188. The van der Waals surface area contributed by atoms with Crippen molar-refractivity contribution >= 4 is 16.8 Å². The number of benzene rings is 1. The van der Waals surface area contributed by atoms with E-state index in [1.54, 1.807) is 6.92 Å². The van der Waals surface area contributed by atoms with Crippen LogP contribution in [0, 0.1) is 0 Å². The van der Waals surface area contributed by atoms with Crippen molar-refractivity contribution in [3.8, 4) is 5.75 Å². The summed E-state index contributed by atoms with van der Waals surface area (Å²) in [5.74, 6) is 2.00. The van der Waals surface area contributed by atoms with Crippen LogP contribution in [-0.4, -0.2) is 28.5 Å². The SMILES string of the molecule is CCOc1ccc2c(c1)nc(CCCN)n2CCC(C)=O. The largest absolute Gasteiger partial charge is 0.494 e. The van der Waals surface area contributed by atoms with Gasteiger partial charge in [-0.3, -0.25) is 4.79 Å². The Hall–Kier alpha value is -1.88. The summed E-state index contributed by atoms with van der Waals surface area (Å²) in [7, 11) is 0. The van der Waals surface area contributed by atoms with E-state index >= 15 is 0 Å². The Bertz CT molecular complexity index is 619. The van der Waals surface area contributed by atoms with Gasteiger partial charge in [-0.2, -0.15) is 0 Å². The Morgan fingerprint density at radius 1 is 1.43 bits per heavy atom. The Balaban J connectivity index is 2.37. The lowest BCUT2D eigenvalue weighted by Crippen LogP contribution is -2.09. The second-order valence-corrected chi connectivity index (χ2v) is 5.11. The summed E-state index contributed by atoms with van der Waals surface area (Å²) in [4.78, 5) is 16.0. The maximum atomic E-state index is 11.3. The molecule has 0 aliphatic rings. The van der Waals surface area contributed by atoms with Crippen LogP contribution in [-0.2, 0) is 17.8 Å². The fourth-order valence-electron chi connectivity index (χ4n) is 2.39. The Morgan fingerprint density at radius 2 is 2.24 bits per heavy atom. The first-order valence-electron chi connectivity index (χ1n) is 7.47. The van der Waals surface area contributed by atoms with Gasteiger partial charge in [-0.25, -0.2) is 4.98 Å². The molecule has 114 valence electrons. The van der Waals surface area contributed by atoms with Crippen molar-refractivity contribution < 1.29 is 9.53 Å². The fraction of sp³-hybridized carbons (Fsp3) is 0.500. The molecule has 0 bridgehead atoms. The molecule has 1 heterocycles. The quantitative estimate of drug-likeness (QED) is 0.809. The fourth-order valence-corrected chi connectivity index (χ4v) is 2.39. The van der Waals surface area contributed by atoms with Crippen molar-refractivity contribution in [1.29, 1.82) is 0 Å². The van der Waals surface area contributed by atoms with Gasteiger partial charge in [0.25, 0.3) is 0 Å². The van der Waals surface area contributed by atoms with Crippen LogP contribution in [0.5, 0.6) is 5.75 Å². The molecule has 1 aromatic carbocycles. The number of aromatic nitrogens is 2. The molecule has 0 saturated carbocycles. The normalized spacial score (nSPS) is 11.0. The molecule has 0 atom stereocenters. The van der Waals surface area contributed by atoms with Crippen LogP contribution in [0.25, 0.3) is 11.0 Å². The molecule has 2 rings (SSSR count). The van der Waals surface area contributed by atoms with E-state index in [9.17, 15) is 4.79 Å². The third-order valence-corrected chi connectivity index (χ3v) is 3.40. The van der Waals surface area contributed by atoms with Gasteiger partial charge >= 0.3 is 0 Å². The molecule has 21 heavy (non-hydrogen) atoms. The number of carbonyl (C=O) groups excluding carboxylic acids is 1. The monoisotopic (exact) mass is 289 g/mol. The highest BCUT2D eigenvalue weighted by Crippen LogP contribution is 2.23. The Kier molecular flexibility index (Phi) is 5.33. The summed E-state index contributed by atoms with van der Waals surface area (Å²) in [6.45, 7) is 5.52. The van der Waals surface area contributed by atoms with Crippen LogP contribution < -0.4 is 10.5 Å². The van der Waals surface area contributed by atoms with E-state index in [-0.39, 0.29) is 5.78 Å². The summed E-state index contributed by atoms with van der Waals surface area (Å²) in [6, 6.07) is 5.92. The summed E-state index contributed by atoms with van der Waals surface area (Å²) in [5.41, 5.74) is 7.56. The number of ketones is 1. The standard InChI is InChI=1S/C16H23N3O2/c1-3-21-13-6-7-15-14(11-13)18-16(5-4-9-17)19(15)10-8-12(2)20/h6-7,11H,3-5,8-10,17H2,1-2H3. The highest BCUT2D eigenvalue weighted by atomic mass is 16.5. The number of ether oxygens (including phenoxy) is 1. The number of hydrogen-bond donors (Lipinski definition) is 1. The molecule has 0 radical (unpaired) electrons. The van der Waals surface area contributed by atoms with Gasteiger partial charge in [0.15, 0.2) is 0 Å². The molecule has 5 heteroatoms. The number of nitrogens with two attached hydrogens (primary N) is 1. The van der Waals surface area contributed by atoms with E-state index in [2.05, 4.69) is 9.55 Å². The molecule has 1 aromatic heterocycles. The van der Waals surface area contributed by atoms with E-state index in [1.165, 1.54) is 0 Å². The minimum atomic E-state index is 0.188. The molecule has 0 unspecified atom stereocenters. The van der Waals surface area contributed by atoms with Gasteiger partial charge in [0.05, 0.1) is 17.6 Å². The van der Waals surface area contributed by atoms with Crippen molar-refractivity contribution in [1.82, 2.24) is 9.55 Å². The van der Waals surface area contributed by atoms with Gasteiger partial charge in [0, 0.05) is 25.5 Å². The van der Waals surface area contributed by atoms with E-state index in [0.717, 1.165) is 35.4 Å². The van der Waals surface area contributed by atoms with Gasteiger partial charge in [0.2, 0.25) is 0 Å². The van der Waals surface area contributed by atoms with Gasteiger partial charge in [-0.05, 0) is 38.9 Å². The van der Waals surface area contributed by atoms with Crippen LogP contribution in [0.1, 0.15) is 32.5 Å². The van der Waals surface area contributed by atoms with Crippen LogP contribution in [0.3, 0.4) is 0 Å². The number of fused-ring (bicyclic) bond motifs is 1. The minimum Gasteiger partial charge on any atom is -0.494 e. The summed E-state index contributed by atoms with van der Waals surface area (Å²) < 4.78 is 7.65. The predicted octanol–water partition coefficient (Wildman–Crippen LogP) is 2.31. The molecular weight excluding hydrogens is 266 g/mol. The molecular formula is C16H23N3O2. The zero-order chi connectivity index (χ0) is 15.2. The van der Waals surface area contributed by atoms with Crippen LogP contribution >= 0.6 is 0 Å². The highest BCUT2D eigenvalue weighted by molar-refractivity contribution is 5.79. The van der Waals surface area contributed by atoms with Crippen LogP contribution in [0.4, 0.5) is 0 Å². The number of carbonyl (C=O) groups is 1. The lowest BCUT2D eigenvalue weighted by molar-refractivity contribution is -0.117. The second kappa shape index (κ2) is 7.22. The van der Waals surface area contributed by atoms with Crippen molar-refractivity contribution in [3.05, 3.63) is 24.0 Å². The average Bonchev–Trinajstić information content (AvgIpc) is 2.80. The third kappa shape index (κ3) is 3.82. The molecule has 0 saturated heterocycles. The molecule has 0 spiro atoms. The zero-order valence-corrected chi connectivity index (χ0v) is 12.8. The molecule has 0 aliphatic carbocycles. The Morgan fingerprint density at radius 3 is 2.90 bits per heavy atom. The van der Waals surface area contributed by atoms with E-state index in [4.69, 9.17) is 10.5 Å². The lowest BCUT2D eigenvalue weighted by atomic mass is 10.2. The molecule has 0 fully saturated rings. The maximum absolute atomic E-state index is 11.3. The maximum Gasteiger partial charge on any atom is 0.131 e. The van der Waals surface area contributed by atoms with Gasteiger partial charge in [-0.1, -0.05) is 0 Å². The van der Waals surface area contributed by atoms with E-state index < -0.39 is 0 Å². The first-order chi connectivity index (χ1) is 10.2. The molecule has 0 amide bonds. The highest BCUT2D eigenvalue weighted by Gasteiger charge is 2.12. The number of aryl methyl sites for hydroxylation is 2. The van der Waals surface area contributed by atoms with Crippen molar-refractivity contribution in [2.75, 3.05) is 13.2 Å². The number of hydrogen-bond acceptors (Lipinski definition) is 4. The number of nitrogens with zero attached hydrogens (tertiary/aromatic N) is 2. The summed E-state index contributed by atoms with van der Waals surface area (Å²) in [6.07, 6.45) is 2.24. The van der Waals surface area contributed by atoms with Crippen LogP contribution in [0.15, 0.2) is 18.2 Å². The molecule has 5 nitrogen and oxygen atoms in total. The van der Waals surface area contributed by atoms with Crippen molar-refractivity contribution in [3.63, 3.8) is 0 Å². The third-order valence-electron chi connectivity index (χ3n) is 3.40. The number of rotatable bonds is 8. The number of imidazole rings is 1.